The fraction of sp³-hybridized carbons (Fsp3) is 1.00. The van der Waals surface area contributed by atoms with E-state index < -0.39 is 10.0 Å². The van der Waals surface area contributed by atoms with Gasteiger partial charge in [0.1, 0.15) is 0 Å². The van der Waals surface area contributed by atoms with Gasteiger partial charge in [0.25, 0.3) is 0 Å². The molecule has 0 aromatic rings. The summed E-state index contributed by atoms with van der Waals surface area (Å²) in [7, 11) is -3.19. The van der Waals surface area contributed by atoms with Crippen LogP contribution in [0.5, 0.6) is 0 Å². The van der Waals surface area contributed by atoms with Crippen molar-refractivity contribution in [2.24, 2.45) is 5.92 Å². The summed E-state index contributed by atoms with van der Waals surface area (Å²) < 4.78 is 32.0. The molecule has 1 unspecified atom stereocenters. The Kier molecular flexibility index (Phi) is 5.62. The topological polar surface area (TPSA) is 67.4 Å². The maximum atomic E-state index is 11.9. The van der Waals surface area contributed by atoms with Crippen LogP contribution in [0.2, 0.25) is 0 Å². The summed E-state index contributed by atoms with van der Waals surface area (Å²) in [4.78, 5) is 0. The van der Waals surface area contributed by atoms with Crippen LogP contribution in [0.15, 0.2) is 0 Å². The van der Waals surface area contributed by atoms with Crippen molar-refractivity contribution in [1.29, 1.82) is 0 Å². The van der Waals surface area contributed by atoms with E-state index in [0.29, 0.717) is 25.7 Å². The van der Waals surface area contributed by atoms with E-state index in [1.165, 1.54) is 25.7 Å². The zero-order valence-corrected chi connectivity index (χ0v) is 12.5. The van der Waals surface area contributed by atoms with Crippen LogP contribution in [-0.2, 0) is 14.8 Å². The van der Waals surface area contributed by atoms with Crippen molar-refractivity contribution in [3.8, 4) is 0 Å². The van der Waals surface area contributed by atoms with Crippen molar-refractivity contribution in [2.45, 2.75) is 50.3 Å². The Morgan fingerprint density at radius 1 is 1.26 bits per heavy atom. The molecule has 1 atom stereocenters. The minimum atomic E-state index is -3.19. The molecule has 0 aromatic heterocycles. The molecule has 0 aromatic carbocycles. The van der Waals surface area contributed by atoms with Gasteiger partial charge in [-0.2, -0.15) is 0 Å². The van der Waals surface area contributed by atoms with Crippen molar-refractivity contribution in [3.63, 3.8) is 0 Å². The van der Waals surface area contributed by atoms with E-state index in [-0.39, 0.29) is 5.25 Å². The van der Waals surface area contributed by atoms with E-state index in [1.54, 1.807) is 6.92 Å². The molecule has 0 spiro atoms. The van der Waals surface area contributed by atoms with Crippen LogP contribution in [0.4, 0.5) is 0 Å². The van der Waals surface area contributed by atoms with Crippen LogP contribution < -0.4 is 10.0 Å². The number of hydrogen-bond acceptors (Lipinski definition) is 4. The van der Waals surface area contributed by atoms with Gasteiger partial charge in [-0.1, -0.05) is 0 Å². The summed E-state index contributed by atoms with van der Waals surface area (Å²) in [6.07, 6.45) is 5.68. The molecule has 5 nitrogen and oxygen atoms in total. The van der Waals surface area contributed by atoms with E-state index in [0.717, 1.165) is 18.9 Å². The standard InChI is InChI=1S/C13H26N2O3S/c1-11(9-14-13-5-6-13)19(16,17)15-7-2-8-18-10-12-3-4-12/h11-15H,2-10H2,1H3. The van der Waals surface area contributed by atoms with Crippen molar-refractivity contribution in [2.75, 3.05) is 26.3 Å². The van der Waals surface area contributed by atoms with E-state index in [2.05, 4.69) is 10.0 Å². The van der Waals surface area contributed by atoms with E-state index in [4.69, 9.17) is 4.74 Å². The molecule has 0 radical (unpaired) electrons. The summed E-state index contributed by atoms with van der Waals surface area (Å²) in [5.41, 5.74) is 0. The Morgan fingerprint density at radius 2 is 2.00 bits per heavy atom. The second-order valence-electron chi connectivity index (χ2n) is 5.80. The molecule has 19 heavy (non-hydrogen) atoms. The maximum Gasteiger partial charge on any atom is 0.215 e. The van der Waals surface area contributed by atoms with Gasteiger partial charge < -0.3 is 10.1 Å². The summed E-state index contributed by atoms with van der Waals surface area (Å²) in [6, 6.07) is 0.550. The third-order valence-electron chi connectivity index (χ3n) is 3.62. The van der Waals surface area contributed by atoms with Crippen LogP contribution >= 0.6 is 0 Å². The average molecular weight is 290 g/mol. The molecule has 2 aliphatic rings. The van der Waals surface area contributed by atoms with Gasteiger partial charge in [-0.15, -0.1) is 0 Å². The third kappa shape index (κ3) is 6.21. The van der Waals surface area contributed by atoms with Gasteiger partial charge in [0.15, 0.2) is 0 Å². The first-order chi connectivity index (χ1) is 9.08. The molecule has 0 bridgehead atoms. The van der Waals surface area contributed by atoms with E-state index >= 15 is 0 Å². The Balaban J connectivity index is 1.51. The second-order valence-corrected chi connectivity index (χ2v) is 7.99. The fourth-order valence-electron chi connectivity index (χ4n) is 1.80. The van der Waals surface area contributed by atoms with Gasteiger partial charge in [-0.3, -0.25) is 0 Å². The summed E-state index contributed by atoms with van der Waals surface area (Å²) in [6.45, 7) is 4.25. The zero-order valence-electron chi connectivity index (χ0n) is 11.7. The van der Waals surface area contributed by atoms with Gasteiger partial charge in [-0.25, -0.2) is 13.1 Å². The van der Waals surface area contributed by atoms with Crippen molar-refractivity contribution in [1.82, 2.24) is 10.0 Å². The zero-order chi connectivity index (χ0) is 13.7. The molecule has 0 amide bonds. The van der Waals surface area contributed by atoms with Crippen LogP contribution in [0.1, 0.15) is 39.0 Å². The molecule has 0 saturated heterocycles. The lowest BCUT2D eigenvalue weighted by molar-refractivity contribution is 0.123. The molecule has 2 N–H and O–H groups in total. The lowest BCUT2D eigenvalue weighted by Gasteiger charge is -2.14. The smallest absolute Gasteiger partial charge is 0.215 e. The SMILES string of the molecule is CC(CNC1CC1)S(=O)(=O)NCCCOCC1CC1. The quantitative estimate of drug-likeness (QED) is 0.554. The molecule has 2 rings (SSSR count). The molecule has 2 fully saturated rings. The third-order valence-corrected chi connectivity index (χ3v) is 5.45. The minimum Gasteiger partial charge on any atom is -0.381 e. The molecule has 0 heterocycles. The highest BCUT2D eigenvalue weighted by molar-refractivity contribution is 7.90. The average Bonchev–Trinajstić information content (AvgIpc) is 3.25. The van der Waals surface area contributed by atoms with E-state index in [1.807, 2.05) is 0 Å². The normalized spacial score (nSPS) is 21.5. The first kappa shape index (κ1) is 15.2. The second kappa shape index (κ2) is 7.02. The number of ether oxygens (including phenoxy) is 1. The summed E-state index contributed by atoms with van der Waals surface area (Å²) >= 11 is 0. The minimum absolute atomic E-state index is 0.375. The lowest BCUT2D eigenvalue weighted by atomic mass is 10.4. The Hall–Kier alpha value is -0.170. The highest BCUT2D eigenvalue weighted by Crippen LogP contribution is 2.28. The summed E-state index contributed by atoms with van der Waals surface area (Å²) in [5.74, 6) is 0.769. The molecular weight excluding hydrogens is 264 g/mol. The molecule has 2 aliphatic carbocycles. The van der Waals surface area contributed by atoms with Gasteiger partial charge >= 0.3 is 0 Å². The molecular formula is C13H26N2O3S. The largest absolute Gasteiger partial charge is 0.381 e. The Labute approximate surface area is 116 Å². The molecule has 2 saturated carbocycles. The van der Waals surface area contributed by atoms with Gasteiger partial charge in [0, 0.05) is 32.3 Å². The highest BCUT2D eigenvalue weighted by atomic mass is 32.2. The van der Waals surface area contributed by atoms with Crippen LogP contribution in [0.3, 0.4) is 0 Å². The summed E-state index contributed by atoms with van der Waals surface area (Å²) in [5, 5.41) is 2.87. The first-order valence-corrected chi connectivity index (χ1v) is 8.92. The first-order valence-electron chi connectivity index (χ1n) is 7.37. The van der Waals surface area contributed by atoms with Crippen LogP contribution in [0, 0.1) is 5.92 Å². The fourth-order valence-corrected chi connectivity index (χ4v) is 2.82. The number of hydrogen-bond donors (Lipinski definition) is 2. The Bertz CT molecular complexity index is 364. The molecule has 112 valence electrons. The highest BCUT2D eigenvalue weighted by Gasteiger charge is 2.25. The van der Waals surface area contributed by atoms with Crippen molar-refractivity contribution >= 4 is 10.0 Å². The van der Waals surface area contributed by atoms with Crippen molar-refractivity contribution < 1.29 is 13.2 Å². The molecule has 0 aliphatic heterocycles. The van der Waals surface area contributed by atoms with Gasteiger partial charge in [-0.05, 0) is 44.9 Å². The van der Waals surface area contributed by atoms with Gasteiger partial charge in [0.2, 0.25) is 10.0 Å². The number of rotatable bonds is 11. The number of sulfonamides is 1. The monoisotopic (exact) mass is 290 g/mol. The predicted molar refractivity (Wildman–Crippen MR) is 75.6 cm³/mol. The maximum absolute atomic E-state index is 11.9. The van der Waals surface area contributed by atoms with Gasteiger partial charge in [0.05, 0.1) is 5.25 Å². The molecule has 6 heteroatoms. The van der Waals surface area contributed by atoms with Crippen molar-refractivity contribution in [3.05, 3.63) is 0 Å². The Morgan fingerprint density at radius 3 is 2.63 bits per heavy atom. The van der Waals surface area contributed by atoms with Crippen LogP contribution in [0.25, 0.3) is 0 Å². The predicted octanol–water partition coefficient (Wildman–Crippen LogP) is 0.863. The van der Waals surface area contributed by atoms with E-state index in [9.17, 15) is 8.42 Å². The van der Waals surface area contributed by atoms with Crippen LogP contribution in [-0.4, -0.2) is 46.0 Å². The lowest BCUT2D eigenvalue weighted by Crippen LogP contribution is -2.40. The number of nitrogens with one attached hydrogen (secondary N) is 2.